The predicted octanol–water partition coefficient (Wildman–Crippen LogP) is 1.95. The zero-order chi connectivity index (χ0) is 15.1. The van der Waals surface area contributed by atoms with Crippen molar-refractivity contribution in [3.63, 3.8) is 0 Å². The molecule has 3 heterocycles. The van der Waals surface area contributed by atoms with E-state index in [0.717, 1.165) is 41.5 Å². The third-order valence-electron chi connectivity index (χ3n) is 4.21. The van der Waals surface area contributed by atoms with Crippen molar-refractivity contribution in [2.24, 2.45) is 0 Å². The van der Waals surface area contributed by atoms with Crippen LogP contribution in [-0.4, -0.2) is 22.0 Å². The molecular weight excluding hydrogens is 276 g/mol. The van der Waals surface area contributed by atoms with Crippen LogP contribution in [0.15, 0.2) is 42.9 Å². The van der Waals surface area contributed by atoms with E-state index in [9.17, 15) is 4.79 Å². The number of carbonyl (C=O) groups excluding carboxylic acids is 1. The SMILES string of the molecule is Nc1cccc2ccn(C(=O)c3cncc4c3CCNC4)c12. The van der Waals surface area contributed by atoms with E-state index in [1.807, 2.05) is 30.5 Å². The van der Waals surface area contributed by atoms with E-state index in [1.54, 1.807) is 17.0 Å². The van der Waals surface area contributed by atoms with Gasteiger partial charge < -0.3 is 11.1 Å². The summed E-state index contributed by atoms with van der Waals surface area (Å²) in [6.45, 7) is 1.64. The number of hydrogen-bond acceptors (Lipinski definition) is 4. The maximum atomic E-state index is 13.0. The molecule has 1 aromatic carbocycles. The van der Waals surface area contributed by atoms with Gasteiger partial charge in [-0.05, 0) is 36.2 Å². The second-order valence-corrected chi connectivity index (χ2v) is 5.53. The van der Waals surface area contributed by atoms with Gasteiger partial charge in [-0.3, -0.25) is 14.3 Å². The fraction of sp³-hybridized carbons (Fsp3) is 0.176. The average molecular weight is 292 g/mol. The number of nitrogens with two attached hydrogens (primary N) is 1. The summed E-state index contributed by atoms with van der Waals surface area (Å²) >= 11 is 0. The first kappa shape index (κ1) is 13.0. The highest BCUT2D eigenvalue weighted by Gasteiger charge is 2.20. The number of carbonyl (C=O) groups is 1. The second kappa shape index (κ2) is 4.96. The van der Waals surface area contributed by atoms with Crippen molar-refractivity contribution in [3.8, 4) is 0 Å². The molecule has 0 aliphatic carbocycles. The number of rotatable bonds is 1. The summed E-state index contributed by atoms with van der Waals surface area (Å²) in [5, 5.41) is 4.27. The van der Waals surface area contributed by atoms with Crippen molar-refractivity contribution in [2.75, 3.05) is 12.3 Å². The lowest BCUT2D eigenvalue weighted by molar-refractivity contribution is 0.0963. The zero-order valence-corrected chi connectivity index (χ0v) is 12.0. The van der Waals surface area contributed by atoms with Crippen LogP contribution in [0.4, 0.5) is 5.69 Å². The van der Waals surface area contributed by atoms with Crippen LogP contribution < -0.4 is 11.1 Å². The molecule has 0 radical (unpaired) electrons. The summed E-state index contributed by atoms with van der Waals surface area (Å²) in [6, 6.07) is 7.57. The van der Waals surface area contributed by atoms with Crippen LogP contribution in [0.25, 0.3) is 10.9 Å². The Labute approximate surface area is 127 Å². The van der Waals surface area contributed by atoms with E-state index in [0.29, 0.717) is 11.3 Å². The van der Waals surface area contributed by atoms with Gasteiger partial charge in [0.1, 0.15) is 0 Å². The van der Waals surface area contributed by atoms with Gasteiger partial charge in [0.15, 0.2) is 0 Å². The molecule has 0 spiro atoms. The molecule has 0 unspecified atom stereocenters. The van der Waals surface area contributed by atoms with Crippen LogP contribution in [0.1, 0.15) is 21.5 Å². The van der Waals surface area contributed by atoms with Gasteiger partial charge in [-0.2, -0.15) is 0 Å². The first-order valence-electron chi connectivity index (χ1n) is 7.32. The molecule has 0 bridgehead atoms. The quantitative estimate of drug-likeness (QED) is 0.672. The Bertz CT molecular complexity index is 881. The van der Waals surface area contributed by atoms with Crippen LogP contribution in [0.3, 0.4) is 0 Å². The van der Waals surface area contributed by atoms with Crippen molar-refractivity contribution in [3.05, 3.63) is 59.5 Å². The number of para-hydroxylation sites is 1. The summed E-state index contributed by atoms with van der Waals surface area (Å²) < 4.78 is 1.63. The van der Waals surface area contributed by atoms with Crippen LogP contribution >= 0.6 is 0 Å². The fourth-order valence-electron chi connectivity index (χ4n) is 3.12. The Hall–Kier alpha value is -2.66. The Morgan fingerprint density at radius 1 is 1.27 bits per heavy atom. The lowest BCUT2D eigenvalue weighted by atomic mass is 9.98. The van der Waals surface area contributed by atoms with Gasteiger partial charge in [0.05, 0.1) is 16.8 Å². The lowest BCUT2D eigenvalue weighted by Crippen LogP contribution is -2.27. The zero-order valence-electron chi connectivity index (χ0n) is 12.0. The van der Waals surface area contributed by atoms with E-state index < -0.39 is 0 Å². The molecule has 0 fully saturated rings. The largest absolute Gasteiger partial charge is 0.397 e. The minimum absolute atomic E-state index is 0.0702. The van der Waals surface area contributed by atoms with Gasteiger partial charge in [0.25, 0.3) is 5.91 Å². The maximum Gasteiger partial charge on any atom is 0.264 e. The Balaban J connectivity index is 1.88. The number of hydrogen-bond donors (Lipinski definition) is 2. The average Bonchev–Trinajstić information content (AvgIpc) is 2.99. The van der Waals surface area contributed by atoms with Crippen molar-refractivity contribution in [1.82, 2.24) is 14.9 Å². The smallest absolute Gasteiger partial charge is 0.264 e. The molecule has 3 aromatic rings. The number of anilines is 1. The number of nitrogens with one attached hydrogen (secondary N) is 1. The number of aromatic nitrogens is 2. The van der Waals surface area contributed by atoms with Gasteiger partial charge in [-0.1, -0.05) is 12.1 Å². The van der Waals surface area contributed by atoms with E-state index in [4.69, 9.17) is 5.73 Å². The van der Waals surface area contributed by atoms with E-state index in [2.05, 4.69) is 10.3 Å². The Morgan fingerprint density at radius 3 is 3.09 bits per heavy atom. The maximum absolute atomic E-state index is 13.0. The van der Waals surface area contributed by atoms with Gasteiger partial charge in [0.2, 0.25) is 0 Å². The molecule has 22 heavy (non-hydrogen) atoms. The molecule has 0 saturated heterocycles. The number of benzene rings is 1. The van der Waals surface area contributed by atoms with E-state index in [1.165, 1.54) is 0 Å². The molecule has 0 saturated carbocycles. The first-order valence-corrected chi connectivity index (χ1v) is 7.32. The van der Waals surface area contributed by atoms with Gasteiger partial charge in [0, 0.05) is 30.5 Å². The molecule has 110 valence electrons. The predicted molar refractivity (Wildman–Crippen MR) is 85.7 cm³/mol. The summed E-state index contributed by atoms with van der Waals surface area (Å²) in [5.41, 5.74) is 10.3. The van der Waals surface area contributed by atoms with E-state index in [-0.39, 0.29) is 5.91 Å². The van der Waals surface area contributed by atoms with Crippen LogP contribution in [-0.2, 0) is 13.0 Å². The van der Waals surface area contributed by atoms with Crippen molar-refractivity contribution < 1.29 is 4.79 Å². The monoisotopic (exact) mass is 292 g/mol. The lowest BCUT2D eigenvalue weighted by Gasteiger charge is -2.19. The van der Waals surface area contributed by atoms with Crippen molar-refractivity contribution in [1.29, 1.82) is 0 Å². The molecule has 1 aliphatic rings. The molecule has 1 aliphatic heterocycles. The summed E-state index contributed by atoms with van der Waals surface area (Å²) in [6.07, 6.45) is 6.12. The summed E-state index contributed by atoms with van der Waals surface area (Å²) in [5.74, 6) is -0.0702. The van der Waals surface area contributed by atoms with Gasteiger partial charge >= 0.3 is 0 Å². The molecule has 0 amide bonds. The third-order valence-corrected chi connectivity index (χ3v) is 4.21. The minimum Gasteiger partial charge on any atom is -0.397 e. The number of nitrogen functional groups attached to an aromatic ring is 1. The highest BCUT2D eigenvalue weighted by molar-refractivity contribution is 6.05. The van der Waals surface area contributed by atoms with Crippen LogP contribution in [0, 0.1) is 0 Å². The molecule has 5 heteroatoms. The van der Waals surface area contributed by atoms with Crippen LogP contribution in [0.5, 0.6) is 0 Å². The molecule has 4 rings (SSSR count). The molecule has 5 nitrogen and oxygen atoms in total. The van der Waals surface area contributed by atoms with Crippen molar-refractivity contribution >= 4 is 22.5 Å². The normalized spacial score (nSPS) is 14.0. The number of fused-ring (bicyclic) bond motifs is 2. The summed E-state index contributed by atoms with van der Waals surface area (Å²) in [7, 11) is 0. The Kier molecular flexibility index (Phi) is 2.94. The van der Waals surface area contributed by atoms with Crippen molar-refractivity contribution in [2.45, 2.75) is 13.0 Å². The highest BCUT2D eigenvalue weighted by atomic mass is 16.2. The van der Waals surface area contributed by atoms with Gasteiger partial charge in [-0.25, -0.2) is 0 Å². The molecule has 2 aromatic heterocycles. The summed E-state index contributed by atoms with van der Waals surface area (Å²) in [4.78, 5) is 17.2. The third kappa shape index (κ3) is 1.90. The molecule has 0 atom stereocenters. The standard InChI is InChI=1S/C17H16N4O/c18-15-3-1-2-11-5-7-21(16(11)15)17(22)14-10-20-9-12-8-19-6-4-13(12)14/h1-3,5,7,9-10,19H,4,6,8,18H2. The molecular formula is C17H16N4O. The van der Waals surface area contributed by atoms with E-state index >= 15 is 0 Å². The Morgan fingerprint density at radius 2 is 2.18 bits per heavy atom. The fourth-order valence-corrected chi connectivity index (χ4v) is 3.12. The number of nitrogens with zero attached hydrogens (tertiary/aromatic N) is 2. The minimum atomic E-state index is -0.0702. The topological polar surface area (TPSA) is 72.9 Å². The first-order chi connectivity index (χ1) is 10.8. The second-order valence-electron chi connectivity index (χ2n) is 5.53. The van der Waals surface area contributed by atoms with Crippen LogP contribution in [0.2, 0.25) is 0 Å². The van der Waals surface area contributed by atoms with Gasteiger partial charge in [-0.15, -0.1) is 0 Å². The highest BCUT2D eigenvalue weighted by Crippen LogP contribution is 2.25. The number of pyridine rings is 1. The molecule has 3 N–H and O–H groups in total.